The van der Waals surface area contributed by atoms with E-state index in [1.54, 1.807) is 0 Å². The number of aromatic amines is 1. The lowest BCUT2D eigenvalue weighted by Crippen LogP contribution is -2.30. The Balaban J connectivity index is 2.21. The summed E-state index contributed by atoms with van der Waals surface area (Å²) >= 11 is 5.15. The van der Waals surface area contributed by atoms with Crippen LogP contribution >= 0.6 is 12.2 Å². The summed E-state index contributed by atoms with van der Waals surface area (Å²) < 4.78 is 8.40. The minimum absolute atomic E-state index is 0.0626. The molecule has 2 heterocycles. The Labute approximate surface area is 88.3 Å². The van der Waals surface area contributed by atoms with Crippen molar-refractivity contribution in [2.45, 2.75) is 38.8 Å². The molecule has 78 valence electrons. The monoisotopic (exact) mass is 213 g/mol. The lowest BCUT2D eigenvalue weighted by molar-refractivity contribution is 0.00545. The van der Waals surface area contributed by atoms with Gasteiger partial charge < -0.3 is 9.30 Å². The van der Waals surface area contributed by atoms with E-state index in [4.69, 9.17) is 17.0 Å². The molecule has 0 amide bonds. The van der Waals surface area contributed by atoms with E-state index >= 15 is 0 Å². The largest absolute Gasteiger partial charge is 0.373 e. The molecule has 1 saturated heterocycles. The Morgan fingerprint density at radius 1 is 1.71 bits per heavy atom. The predicted octanol–water partition coefficient (Wildman–Crippen LogP) is 1.82. The van der Waals surface area contributed by atoms with E-state index in [2.05, 4.69) is 17.1 Å². The highest BCUT2D eigenvalue weighted by molar-refractivity contribution is 7.71. The number of hydrogen-bond donors (Lipinski definition) is 1. The van der Waals surface area contributed by atoms with Gasteiger partial charge in [0.2, 0.25) is 0 Å². The number of ether oxygens (including phenoxy) is 1. The first-order chi connectivity index (χ1) is 6.61. The van der Waals surface area contributed by atoms with E-state index in [1.165, 1.54) is 0 Å². The van der Waals surface area contributed by atoms with Gasteiger partial charge in [-0.15, -0.1) is 0 Å². The molecule has 1 aromatic rings. The summed E-state index contributed by atoms with van der Waals surface area (Å²) in [5.74, 6) is 0.923. The molecule has 5 heteroatoms. The fraction of sp³-hybridized carbons (Fsp3) is 0.778. The Morgan fingerprint density at radius 3 is 3.00 bits per heavy atom. The van der Waals surface area contributed by atoms with Crippen molar-refractivity contribution in [2.24, 2.45) is 0 Å². The number of nitrogens with zero attached hydrogens (tertiary/aromatic N) is 2. The van der Waals surface area contributed by atoms with Gasteiger partial charge in [-0.1, -0.05) is 0 Å². The van der Waals surface area contributed by atoms with Gasteiger partial charge in [0.25, 0.3) is 0 Å². The van der Waals surface area contributed by atoms with Crippen molar-refractivity contribution in [2.75, 3.05) is 6.61 Å². The second-order valence-corrected chi connectivity index (χ2v) is 4.45. The summed E-state index contributed by atoms with van der Waals surface area (Å²) in [5, 5.41) is 6.87. The van der Waals surface area contributed by atoms with Crippen molar-refractivity contribution < 1.29 is 4.74 Å². The van der Waals surface area contributed by atoms with Gasteiger partial charge in [-0.05, 0) is 38.9 Å². The summed E-state index contributed by atoms with van der Waals surface area (Å²) in [7, 11) is 0. The van der Waals surface area contributed by atoms with E-state index in [1.807, 2.05) is 11.5 Å². The molecule has 2 rings (SSSR count). The van der Waals surface area contributed by atoms with Crippen molar-refractivity contribution in [1.29, 1.82) is 0 Å². The molecule has 0 aliphatic carbocycles. The first kappa shape index (κ1) is 9.86. The van der Waals surface area contributed by atoms with Crippen LogP contribution in [0, 0.1) is 11.7 Å². The van der Waals surface area contributed by atoms with Gasteiger partial charge in [-0.25, -0.2) is 0 Å². The molecule has 0 aromatic carbocycles. The van der Waals surface area contributed by atoms with Crippen molar-refractivity contribution in [1.82, 2.24) is 14.8 Å². The summed E-state index contributed by atoms with van der Waals surface area (Å²) in [6.45, 7) is 5.74. The van der Waals surface area contributed by atoms with Gasteiger partial charge >= 0.3 is 0 Å². The van der Waals surface area contributed by atoms with Crippen molar-refractivity contribution >= 4 is 12.2 Å². The highest BCUT2D eigenvalue weighted by Crippen LogP contribution is 2.27. The number of aryl methyl sites for hydroxylation is 1. The van der Waals surface area contributed by atoms with Gasteiger partial charge in [0.15, 0.2) is 4.77 Å². The van der Waals surface area contributed by atoms with Crippen LogP contribution in [0.4, 0.5) is 0 Å². The highest BCUT2D eigenvalue weighted by atomic mass is 32.1. The molecule has 1 fully saturated rings. The fourth-order valence-electron chi connectivity index (χ4n) is 1.88. The van der Waals surface area contributed by atoms with E-state index in [-0.39, 0.29) is 5.60 Å². The van der Waals surface area contributed by atoms with E-state index in [9.17, 15) is 0 Å². The second-order valence-electron chi connectivity index (χ2n) is 4.06. The van der Waals surface area contributed by atoms with Crippen LogP contribution in [0.1, 0.15) is 25.6 Å². The molecule has 4 nitrogen and oxygen atoms in total. The van der Waals surface area contributed by atoms with Crippen molar-refractivity contribution in [3.63, 3.8) is 0 Å². The third kappa shape index (κ3) is 1.74. The molecule has 1 aromatic heterocycles. The third-order valence-electron chi connectivity index (χ3n) is 2.74. The molecular formula is C9H15N3OS. The van der Waals surface area contributed by atoms with Gasteiger partial charge in [0.05, 0.1) is 12.1 Å². The SMILES string of the molecule is Cc1n[nH]c(=S)n1CC1(C)CCCO1. The number of aromatic nitrogens is 3. The summed E-state index contributed by atoms with van der Waals surface area (Å²) in [6, 6.07) is 0. The van der Waals surface area contributed by atoms with Crippen LogP contribution in [-0.4, -0.2) is 27.0 Å². The molecule has 0 radical (unpaired) electrons. The number of rotatable bonds is 2. The van der Waals surface area contributed by atoms with Gasteiger partial charge in [-0.3, -0.25) is 5.10 Å². The maximum Gasteiger partial charge on any atom is 0.195 e. The quantitative estimate of drug-likeness (QED) is 0.762. The van der Waals surface area contributed by atoms with Crippen LogP contribution < -0.4 is 0 Å². The third-order valence-corrected chi connectivity index (χ3v) is 3.05. The number of hydrogen-bond acceptors (Lipinski definition) is 3. The first-order valence-corrected chi connectivity index (χ1v) is 5.27. The fourth-order valence-corrected chi connectivity index (χ4v) is 2.12. The van der Waals surface area contributed by atoms with Crippen LogP contribution in [0.15, 0.2) is 0 Å². The Bertz CT molecular complexity index is 376. The number of nitrogens with one attached hydrogen (secondary N) is 1. The van der Waals surface area contributed by atoms with E-state index in [0.29, 0.717) is 4.77 Å². The average molecular weight is 213 g/mol. The molecule has 0 spiro atoms. The first-order valence-electron chi connectivity index (χ1n) is 4.86. The summed E-state index contributed by atoms with van der Waals surface area (Å²) in [6.07, 6.45) is 2.24. The molecule has 0 saturated carbocycles. The summed E-state index contributed by atoms with van der Waals surface area (Å²) in [5.41, 5.74) is -0.0626. The number of H-pyrrole nitrogens is 1. The molecular weight excluding hydrogens is 198 g/mol. The Kier molecular flexibility index (Phi) is 2.45. The topological polar surface area (TPSA) is 42.8 Å². The smallest absolute Gasteiger partial charge is 0.195 e. The van der Waals surface area contributed by atoms with Crippen LogP contribution in [0.3, 0.4) is 0 Å². The molecule has 1 unspecified atom stereocenters. The standard InChI is InChI=1S/C9H15N3OS/c1-7-10-11-8(14)12(7)6-9(2)4-3-5-13-9/h3-6H2,1-2H3,(H,11,14). The van der Waals surface area contributed by atoms with Gasteiger partial charge in [0, 0.05) is 6.61 Å². The zero-order valence-corrected chi connectivity index (χ0v) is 9.36. The maximum absolute atomic E-state index is 5.71. The average Bonchev–Trinajstić information content (AvgIpc) is 2.68. The van der Waals surface area contributed by atoms with E-state index in [0.717, 1.165) is 31.8 Å². The zero-order chi connectivity index (χ0) is 10.2. The lowest BCUT2D eigenvalue weighted by Gasteiger charge is -2.23. The predicted molar refractivity (Wildman–Crippen MR) is 55.7 cm³/mol. The molecule has 1 aliphatic heterocycles. The second kappa shape index (κ2) is 3.47. The summed E-state index contributed by atoms with van der Waals surface area (Å²) in [4.78, 5) is 0. The molecule has 0 bridgehead atoms. The Morgan fingerprint density at radius 2 is 2.50 bits per heavy atom. The van der Waals surface area contributed by atoms with Crippen LogP contribution in [0.5, 0.6) is 0 Å². The minimum atomic E-state index is -0.0626. The normalized spacial score (nSPS) is 27.0. The maximum atomic E-state index is 5.71. The Hall–Kier alpha value is -0.680. The van der Waals surface area contributed by atoms with E-state index < -0.39 is 0 Å². The zero-order valence-electron chi connectivity index (χ0n) is 8.54. The molecule has 14 heavy (non-hydrogen) atoms. The van der Waals surface area contributed by atoms with Crippen LogP contribution in [0.2, 0.25) is 0 Å². The lowest BCUT2D eigenvalue weighted by atomic mass is 10.0. The highest BCUT2D eigenvalue weighted by Gasteiger charge is 2.30. The minimum Gasteiger partial charge on any atom is -0.373 e. The molecule has 1 atom stereocenters. The van der Waals surface area contributed by atoms with Gasteiger partial charge in [0.1, 0.15) is 5.82 Å². The van der Waals surface area contributed by atoms with Crippen molar-refractivity contribution in [3.8, 4) is 0 Å². The van der Waals surface area contributed by atoms with Crippen LogP contribution in [-0.2, 0) is 11.3 Å². The van der Waals surface area contributed by atoms with Crippen molar-refractivity contribution in [3.05, 3.63) is 10.6 Å². The van der Waals surface area contributed by atoms with Gasteiger partial charge in [-0.2, -0.15) is 5.10 Å². The van der Waals surface area contributed by atoms with Crippen LogP contribution in [0.25, 0.3) is 0 Å². The molecule has 1 N–H and O–H groups in total. The molecule has 1 aliphatic rings.